The molecule has 0 aromatic heterocycles. The molecule has 1 amide bonds. The maximum absolute atomic E-state index is 11.3. The summed E-state index contributed by atoms with van der Waals surface area (Å²) >= 11 is 0. The second kappa shape index (κ2) is 4.74. The molecule has 2 aliphatic rings. The van der Waals surface area contributed by atoms with E-state index in [0.29, 0.717) is 19.6 Å². The van der Waals surface area contributed by atoms with Crippen molar-refractivity contribution in [3.63, 3.8) is 0 Å². The fraction of sp³-hybridized carbons (Fsp3) is 0.500. The fourth-order valence-electron chi connectivity index (χ4n) is 3.11. The maximum Gasteiger partial charge on any atom is 0.407 e. The van der Waals surface area contributed by atoms with Crippen LogP contribution in [0.15, 0.2) is 18.2 Å². The van der Waals surface area contributed by atoms with E-state index in [1.165, 1.54) is 10.5 Å². The molecular weight excluding hydrogens is 246 g/mol. The zero-order valence-electron chi connectivity index (χ0n) is 10.8. The van der Waals surface area contributed by atoms with Crippen LogP contribution < -0.4 is 4.74 Å². The van der Waals surface area contributed by atoms with Crippen molar-refractivity contribution in [1.29, 1.82) is 0 Å². The molecule has 1 aliphatic carbocycles. The molecule has 5 nitrogen and oxygen atoms in total. The van der Waals surface area contributed by atoms with E-state index in [4.69, 9.17) is 9.47 Å². The molecule has 0 saturated carbocycles. The minimum absolute atomic E-state index is 0.0375. The number of methoxy groups -OCH3 is 1. The normalized spacial score (nSPS) is 25.4. The van der Waals surface area contributed by atoms with Crippen LogP contribution >= 0.6 is 0 Å². The van der Waals surface area contributed by atoms with E-state index < -0.39 is 6.09 Å². The van der Waals surface area contributed by atoms with Crippen LogP contribution in [-0.2, 0) is 17.6 Å². The largest absolute Gasteiger partial charge is 0.496 e. The minimum Gasteiger partial charge on any atom is -0.496 e. The average Bonchev–Trinajstić information content (AvgIpc) is 2.43. The molecule has 0 bridgehead atoms. The highest BCUT2D eigenvalue weighted by molar-refractivity contribution is 5.66. The highest BCUT2D eigenvalue weighted by Crippen LogP contribution is 2.34. The third-order valence-corrected chi connectivity index (χ3v) is 4.02. The SMILES string of the molecule is COc1cccc2c1CC1C(C2)OCCN1C(=O)O. The van der Waals surface area contributed by atoms with Crippen LogP contribution in [0.4, 0.5) is 4.79 Å². The van der Waals surface area contributed by atoms with Gasteiger partial charge in [-0.2, -0.15) is 0 Å². The van der Waals surface area contributed by atoms with Crippen molar-refractivity contribution in [2.45, 2.75) is 25.0 Å². The van der Waals surface area contributed by atoms with Gasteiger partial charge in [0.2, 0.25) is 0 Å². The van der Waals surface area contributed by atoms with Gasteiger partial charge in [0, 0.05) is 13.0 Å². The standard InChI is InChI=1S/C14H17NO4/c1-18-12-4-2-3-9-7-13-11(8-10(9)12)15(14(16)17)5-6-19-13/h2-4,11,13H,5-8H2,1H3,(H,16,17). The highest BCUT2D eigenvalue weighted by Gasteiger charge is 2.39. The Morgan fingerprint density at radius 1 is 1.47 bits per heavy atom. The molecule has 2 atom stereocenters. The summed E-state index contributed by atoms with van der Waals surface area (Å²) < 4.78 is 11.1. The van der Waals surface area contributed by atoms with Crippen LogP contribution in [0.1, 0.15) is 11.1 Å². The van der Waals surface area contributed by atoms with E-state index in [-0.39, 0.29) is 12.1 Å². The lowest BCUT2D eigenvalue weighted by molar-refractivity contribution is -0.0642. The first-order valence-corrected chi connectivity index (χ1v) is 6.46. The number of rotatable bonds is 1. The van der Waals surface area contributed by atoms with Crippen molar-refractivity contribution in [1.82, 2.24) is 4.90 Å². The predicted octanol–water partition coefficient (Wildman–Crippen LogP) is 1.54. The van der Waals surface area contributed by atoms with Gasteiger partial charge >= 0.3 is 6.09 Å². The van der Waals surface area contributed by atoms with Gasteiger partial charge in [-0.25, -0.2) is 4.79 Å². The summed E-state index contributed by atoms with van der Waals surface area (Å²) in [5, 5.41) is 9.29. The number of fused-ring (bicyclic) bond motifs is 2. The Hall–Kier alpha value is -1.75. The minimum atomic E-state index is -0.864. The van der Waals surface area contributed by atoms with Crippen LogP contribution in [0.5, 0.6) is 5.75 Å². The summed E-state index contributed by atoms with van der Waals surface area (Å²) in [7, 11) is 1.65. The van der Waals surface area contributed by atoms with E-state index in [1.54, 1.807) is 7.11 Å². The Labute approximate surface area is 111 Å². The summed E-state index contributed by atoms with van der Waals surface area (Å²) in [5.41, 5.74) is 2.32. The molecule has 1 aromatic carbocycles. The fourth-order valence-corrected chi connectivity index (χ4v) is 3.11. The molecule has 19 heavy (non-hydrogen) atoms. The molecule has 102 valence electrons. The number of morpholine rings is 1. The third kappa shape index (κ3) is 2.04. The first-order chi connectivity index (χ1) is 9.20. The second-order valence-electron chi connectivity index (χ2n) is 4.96. The Morgan fingerprint density at radius 3 is 3.05 bits per heavy atom. The van der Waals surface area contributed by atoms with Crippen molar-refractivity contribution in [3.05, 3.63) is 29.3 Å². The van der Waals surface area contributed by atoms with E-state index in [2.05, 4.69) is 6.07 Å². The van der Waals surface area contributed by atoms with Crippen molar-refractivity contribution in [2.75, 3.05) is 20.3 Å². The van der Waals surface area contributed by atoms with Crippen molar-refractivity contribution >= 4 is 6.09 Å². The highest BCUT2D eigenvalue weighted by atomic mass is 16.5. The Kier molecular flexibility index (Phi) is 3.06. The Morgan fingerprint density at radius 2 is 2.32 bits per heavy atom. The predicted molar refractivity (Wildman–Crippen MR) is 68.7 cm³/mol. The lowest BCUT2D eigenvalue weighted by atomic mass is 9.84. The lowest BCUT2D eigenvalue weighted by Gasteiger charge is -2.43. The number of carbonyl (C=O) groups is 1. The number of carboxylic acid groups (broad SMARTS) is 1. The van der Waals surface area contributed by atoms with Gasteiger partial charge in [0.25, 0.3) is 0 Å². The molecule has 2 unspecified atom stereocenters. The number of ether oxygens (including phenoxy) is 2. The Bertz CT molecular complexity index is 502. The summed E-state index contributed by atoms with van der Waals surface area (Å²) in [6.07, 6.45) is 0.512. The summed E-state index contributed by atoms with van der Waals surface area (Å²) in [6.45, 7) is 0.924. The lowest BCUT2D eigenvalue weighted by Crippen LogP contribution is -2.56. The van der Waals surface area contributed by atoms with Crippen LogP contribution in [0.25, 0.3) is 0 Å². The smallest absolute Gasteiger partial charge is 0.407 e. The molecule has 0 spiro atoms. The molecule has 1 N–H and O–H groups in total. The molecule has 1 aromatic rings. The third-order valence-electron chi connectivity index (χ3n) is 4.02. The molecule has 1 heterocycles. The molecule has 1 saturated heterocycles. The maximum atomic E-state index is 11.3. The topological polar surface area (TPSA) is 59.0 Å². The molecule has 5 heteroatoms. The quantitative estimate of drug-likeness (QED) is 0.835. The van der Waals surface area contributed by atoms with Gasteiger partial charge in [0.05, 0.1) is 25.9 Å². The summed E-state index contributed by atoms with van der Waals surface area (Å²) in [4.78, 5) is 12.8. The van der Waals surface area contributed by atoms with E-state index >= 15 is 0 Å². The van der Waals surface area contributed by atoms with Gasteiger partial charge in [0.15, 0.2) is 0 Å². The van der Waals surface area contributed by atoms with Crippen LogP contribution in [-0.4, -0.2) is 48.5 Å². The van der Waals surface area contributed by atoms with Crippen LogP contribution in [0.2, 0.25) is 0 Å². The van der Waals surface area contributed by atoms with Crippen LogP contribution in [0.3, 0.4) is 0 Å². The monoisotopic (exact) mass is 263 g/mol. The zero-order chi connectivity index (χ0) is 13.4. The molecule has 3 rings (SSSR count). The first kappa shape index (κ1) is 12.3. The molecular formula is C14H17NO4. The zero-order valence-corrected chi connectivity index (χ0v) is 10.8. The van der Waals surface area contributed by atoms with Gasteiger partial charge in [-0.15, -0.1) is 0 Å². The van der Waals surface area contributed by atoms with Crippen LogP contribution in [0, 0.1) is 0 Å². The number of benzene rings is 1. The van der Waals surface area contributed by atoms with Gasteiger partial charge in [-0.05, 0) is 23.6 Å². The van der Waals surface area contributed by atoms with E-state index in [0.717, 1.165) is 17.7 Å². The van der Waals surface area contributed by atoms with E-state index in [9.17, 15) is 9.90 Å². The summed E-state index contributed by atoms with van der Waals surface area (Å²) in [6, 6.07) is 5.86. The second-order valence-corrected chi connectivity index (χ2v) is 4.96. The van der Waals surface area contributed by atoms with Gasteiger partial charge < -0.3 is 19.5 Å². The number of hydrogen-bond acceptors (Lipinski definition) is 3. The van der Waals surface area contributed by atoms with Crippen molar-refractivity contribution < 1.29 is 19.4 Å². The average molecular weight is 263 g/mol. The van der Waals surface area contributed by atoms with Gasteiger partial charge in [0.1, 0.15) is 5.75 Å². The van der Waals surface area contributed by atoms with Crippen molar-refractivity contribution in [3.8, 4) is 5.75 Å². The number of amides is 1. The Balaban J connectivity index is 1.96. The van der Waals surface area contributed by atoms with Gasteiger partial charge in [-0.1, -0.05) is 12.1 Å². The number of nitrogens with zero attached hydrogens (tertiary/aromatic N) is 1. The molecule has 1 aliphatic heterocycles. The molecule has 1 fully saturated rings. The summed E-state index contributed by atoms with van der Waals surface area (Å²) in [5.74, 6) is 0.840. The van der Waals surface area contributed by atoms with E-state index in [1.807, 2.05) is 12.1 Å². The first-order valence-electron chi connectivity index (χ1n) is 6.46. The van der Waals surface area contributed by atoms with Crippen molar-refractivity contribution in [2.24, 2.45) is 0 Å². The molecule has 0 radical (unpaired) electrons. The van der Waals surface area contributed by atoms with Gasteiger partial charge in [-0.3, -0.25) is 0 Å². The number of hydrogen-bond donors (Lipinski definition) is 1.